The van der Waals surface area contributed by atoms with Crippen LogP contribution in [0.4, 0.5) is 0 Å². The van der Waals surface area contributed by atoms with Crippen LogP contribution < -0.4 is 0 Å². The summed E-state index contributed by atoms with van der Waals surface area (Å²) >= 11 is 1.52. The van der Waals surface area contributed by atoms with Crippen LogP contribution in [0, 0.1) is 0 Å². The molecule has 5 heteroatoms. The van der Waals surface area contributed by atoms with Gasteiger partial charge in [0.15, 0.2) is 0 Å². The van der Waals surface area contributed by atoms with E-state index in [0.717, 1.165) is 26.4 Å². The highest BCUT2D eigenvalue weighted by molar-refractivity contribution is 7.99. The molecule has 0 fully saturated rings. The number of rotatable bonds is 3. The van der Waals surface area contributed by atoms with Gasteiger partial charge in [-0.2, -0.15) is 5.10 Å². The van der Waals surface area contributed by atoms with Gasteiger partial charge in [0.2, 0.25) is 0 Å². The number of aromatic nitrogens is 3. The quantitative estimate of drug-likeness (QED) is 0.795. The lowest BCUT2D eigenvalue weighted by atomic mass is 10.2. The highest BCUT2D eigenvalue weighted by atomic mass is 32.2. The second kappa shape index (κ2) is 5.03. The minimum absolute atomic E-state index is 0.0135. The van der Waals surface area contributed by atoms with Crippen molar-refractivity contribution >= 4 is 22.7 Å². The lowest BCUT2D eigenvalue weighted by Gasteiger charge is -2.07. The van der Waals surface area contributed by atoms with Crippen LogP contribution >= 0.6 is 11.8 Å². The SMILES string of the molecule is Cn1cc(Sc2nc3ccccc3cc2CO)cn1. The third kappa shape index (κ3) is 2.47. The summed E-state index contributed by atoms with van der Waals surface area (Å²) < 4.78 is 1.75. The number of aliphatic hydroxyl groups excluding tert-OH is 1. The summed E-state index contributed by atoms with van der Waals surface area (Å²) in [5, 5.41) is 15.5. The summed E-state index contributed by atoms with van der Waals surface area (Å²) in [7, 11) is 1.88. The third-order valence-electron chi connectivity index (χ3n) is 2.83. The number of para-hydroxylation sites is 1. The van der Waals surface area contributed by atoms with Crippen molar-refractivity contribution in [2.75, 3.05) is 0 Å². The summed E-state index contributed by atoms with van der Waals surface area (Å²) in [5.74, 6) is 0. The molecule has 0 unspecified atom stereocenters. The van der Waals surface area contributed by atoms with Crippen molar-refractivity contribution in [2.24, 2.45) is 7.05 Å². The molecule has 2 aromatic heterocycles. The molecule has 3 rings (SSSR count). The number of pyridine rings is 1. The van der Waals surface area contributed by atoms with E-state index in [2.05, 4.69) is 10.1 Å². The Kier molecular flexibility index (Phi) is 3.23. The molecule has 0 aliphatic heterocycles. The maximum Gasteiger partial charge on any atom is 0.107 e. The fraction of sp³-hybridized carbons (Fsp3) is 0.143. The Morgan fingerprint density at radius 2 is 2.16 bits per heavy atom. The van der Waals surface area contributed by atoms with Gasteiger partial charge in [-0.1, -0.05) is 30.0 Å². The molecule has 0 bridgehead atoms. The zero-order valence-corrected chi connectivity index (χ0v) is 11.3. The van der Waals surface area contributed by atoms with Crippen molar-refractivity contribution < 1.29 is 5.11 Å². The van der Waals surface area contributed by atoms with Crippen LogP contribution in [-0.2, 0) is 13.7 Å². The van der Waals surface area contributed by atoms with Gasteiger partial charge in [0.05, 0.1) is 23.2 Å². The molecule has 96 valence electrons. The highest BCUT2D eigenvalue weighted by Gasteiger charge is 2.09. The fourth-order valence-corrected chi connectivity index (χ4v) is 2.83. The number of nitrogens with zero attached hydrogens (tertiary/aromatic N) is 3. The Morgan fingerprint density at radius 1 is 1.32 bits per heavy atom. The van der Waals surface area contributed by atoms with E-state index in [1.54, 1.807) is 10.9 Å². The van der Waals surface area contributed by atoms with E-state index in [0.29, 0.717) is 0 Å². The van der Waals surface area contributed by atoms with Gasteiger partial charge in [0.1, 0.15) is 5.03 Å². The first-order valence-corrected chi connectivity index (χ1v) is 6.74. The molecular weight excluding hydrogens is 258 g/mol. The van der Waals surface area contributed by atoms with Crippen LogP contribution in [0.1, 0.15) is 5.56 Å². The van der Waals surface area contributed by atoms with E-state index >= 15 is 0 Å². The van der Waals surface area contributed by atoms with Gasteiger partial charge in [0.25, 0.3) is 0 Å². The third-order valence-corrected chi connectivity index (χ3v) is 3.82. The van der Waals surface area contributed by atoms with E-state index in [1.165, 1.54) is 11.8 Å². The number of fused-ring (bicyclic) bond motifs is 1. The summed E-state index contributed by atoms with van der Waals surface area (Å²) in [4.78, 5) is 5.63. The van der Waals surface area contributed by atoms with Crippen LogP contribution in [-0.4, -0.2) is 19.9 Å². The van der Waals surface area contributed by atoms with Crippen molar-refractivity contribution in [3.05, 3.63) is 48.3 Å². The van der Waals surface area contributed by atoms with Gasteiger partial charge in [0, 0.05) is 24.2 Å². The predicted octanol–water partition coefficient (Wildman–Crippen LogP) is 2.61. The van der Waals surface area contributed by atoms with E-state index in [9.17, 15) is 5.11 Å². The topological polar surface area (TPSA) is 50.9 Å². The number of hydrogen-bond donors (Lipinski definition) is 1. The predicted molar refractivity (Wildman–Crippen MR) is 75.0 cm³/mol. The average Bonchev–Trinajstić information content (AvgIpc) is 2.83. The molecule has 0 saturated heterocycles. The molecular formula is C14H13N3OS. The first-order chi connectivity index (χ1) is 9.26. The molecule has 0 saturated carbocycles. The van der Waals surface area contributed by atoms with Crippen LogP contribution in [0.5, 0.6) is 0 Å². The monoisotopic (exact) mass is 271 g/mol. The fourth-order valence-electron chi connectivity index (χ4n) is 1.91. The maximum atomic E-state index is 9.49. The van der Waals surface area contributed by atoms with E-state index in [1.807, 2.05) is 43.6 Å². The second-order valence-electron chi connectivity index (χ2n) is 4.26. The Morgan fingerprint density at radius 3 is 2.89 bits per heavy atom. The average molecular weight is 271 g/mol. The van der Waals surface area contributed by atoms with Gasteiger partial charge in [-0.05, 0) is 12.1 Å². The first kappa shape index (κ1) is 12.2. The maximum absolute atomic E-state index is 9.49. The minimum atomic E-state index is -0.0135. The molecule has 0 aliphatic carbocycles. The Balaban J connectivity index is 2.05. The van der Waals surface area contributed by atoms with Gasteiger partial charge in [-0.25, -0.2) is 4.98 Å². The molecule has 0 aliphatic rings. The van der Waals surface area contributed by atoms with E-state index in [4.69, 9.17) is 0 Å². The molecule has 1 N–H and O–H groups in total. The Hall–Kier alpha value is -1.85. The standard InChI is InChI=1S/C14H13N3OS/c1-17-8-12(7-15-17)19-14-11(9-18)6-10-4-2-3-5-13(10)16-14/h2-8,18H,9H2,1H3. The van der Waals surface area contributed by atoms with Gasteiger partial charge in [-0.3, -0.25) is 4.68 Å². The van der Waals surface area contributed by atoms with Crippen LogP contribution in [0.25, 0.3) is 10.9 Å². The normalized spacial score (nSPS) is 11.1. The van der Waals surface area contributed by atoms with Crippen molar-refractivity contribution in [1.29, 1.82) is 0 Å². The molecule has 0 spiro atoms. The Labute approximate surface area is 115 Å². The number of aliphatic hydroxyl groups is 1. The van der Waals surface area contributed by atoms with Crippen LogP contribution in [0.2, 0.25) is 0 Å². The van der Waals surface area contributed by atoms with Gasteiger partial charge >= 0.3 is 0 Å². The number of benzene rings is 1. The van der Waals surface area contributed by atoms with Gasteiger partial charge < -0.3 is 5.11 Å². The lowest BCUT2D eigenvalue weighted by molar-refractivity contribution is 0.278. The van der Waals surface area contributed by atoms with Crippen LogP contribution in [0.15, 0.2) is 52.6 Å². The van der Waals surface area contributed by atoms with E-state index < -0.39 is 0 Å². The van der Waals surface area contributed by atoms with Crippen molar-refractivity contribution in [3.8, 4) is 0 Å². The second-order valence-corrected chi connectivity index (χ2v) is 5.32. The summed E-state index contributed by atoms with van der Waals surface area (Å²) in [6, 6.07) is 9.90. The molecule has 19 heavy (non-hydrogen) atoms. The van der Waals surface area contributed by atoms with Crippen molar-refractivity contribution in [3.63, 3.8) is 0 Å². The molecule has 0 amide bonds. The van der Waals surface area contributed by atoms with Gasteiger partial charge in [-0.15, -0.1) is 0 Å². The minimum Gasteiger partial charge on any atom is -0.392 e. The first-order valence-electron chi connectivity index (χ1n) is 5.92. The number of aryl methyl sites for hydroxylation is 1. The summed E-state index contributed by atoms with van der Waals surface area (Å²) in [5.41, 5.74) is 1.78. The zero-order chi connectivity index (χ0) is 13.2. The summed E-state index contributed by atoms with van der Waals surface area (Å²) in [6.45, 7) is -0.0135. The van der Waals surface area contributed by atoms with E-state index in [-0.39, 0.29) is 6.61 Å². The molecule has 3 aromatic rings. The largest absolute Gasteiger partial charge is 0.392 e. The smallest absolute Gasteiger partial charge is 0.107 e. The lowest BCUT2D eigenvalue weighted by Crippen LogP contribution is -1.92. The molecule has 2 heterocycles. The summed E-state index contributed by atoms with van der Waals surface area (Å²) in [6.07, 6.45) is 3.73. The zero-order valence-electron chi connectivity index (χ0n) is 10.4. The molecule has 0 radical (unpaired) electrons. The Bertz CT molecular complexity index is 724. The number of hydrogen-bond acceptors (Lipinski definition) is 4. The van der Waals surface area contributed by atoms with Crippen molar-refractivity contribution in [2.45, 2.75) is 16.5 Å². The molecule has 1 aromatic carbocycles. The van der Waals surface area contributed by atoms with Crippen LogP contribution in [0.3, 0.4) is 0 Å². The highest BCUT2D eigenvalue weighted by Crippen LogP contribution is 2.30. The molecule has 4 nitrogen and oxygen atoms in total. The molecule has 0 atom stereocenters. The van der Waals surface area contributed by atoms with Crippen molar-refractivity contribution in [1.82, 2.24) is 14.8 Å².